The normalized spacial score (nSPS) is 10.9. The van der Waals surface area contributed by atoms with E-state index < -0.39 is 5.97 Å². The van der Waals surface area contributed by atoms with Gasteiger partial charge in [-0.05, 0) is 67.2 Å². The second-order valence-corrected chi connectivity index (χ2v) is 6.11. The lowest BCUT2D eigenvalue weighted by molar-refractivity contribution is 0.0697. The molecule has 0 heterocycles. The molecule has 20 heavy (non-hydrogen) atoms. The number of nitrogens with zero attached hydrogens (tertiary/aromatic N) is 1. The zero-order valence-electron chi connectivity index (χ0n) is 11.6. The number of hydrogen-bond donors (Lipinski definition) is 1. The van der Waals surface area contributed by atoms with Crippen molar-refractivity contribution < 1.29 is 14.6 Å². The molecule has 108 valence electrons. The number of rotatable bonds is 7. The van der Waals surface area contributed by atoms with Gasteiger partial charge in [-0.25, -0.2) is 4.79 Å². The molecule has 0 radical (unpaired) electrons. The van der Waals surface area contributed by atoms with Gasteiger partial charge in [0.2, 0.25) is 0 Å². The Hall–Kier alpha value is -1.54. The van der Waals surface area contributed by atoms with Crippen molar-refractivity contribution in [2.45, 2.75) is 33.1 Å². The standard InChI is InChI=1S/C15H18BrNO3/c1-15(2,10-17)7-3-4-8-20-13-6-5-11(14(18)19)9-12(13)16/h5-6,9H,3-4,7-8H2,1-2H3,(H,18,19). The van der Waals surface area contributed by atoms with Crippen molar-refractivity contribution in [2.24, 2.45) is 5.41 Å². The molecule has 1 N–H and O–H groups in total. The van der Waals surface area contributed by atoms with E-state index in [0.717, 1.165) is 19.3 Å². The first kappa shape index (κ1) is 16.5. The van der Waals surface area contributed by atoms with Gasteiger partial charge in [-0.2, -0.15) is 5.26 Å². The maximum absolute atomic E-state index is 10.8. The first-order chi connectivity index (χ1) is 9.35. The quantitative estimate of drug-likeness (QED) is 0.754. The lowest BCUT2D eigenvalue weighted by atomic mass is 9.89. The van der Waals surface area contributed by atoms with E-state index in [1.165, 1.54) is 12.1 Å². The fourth-order valence-electron chi connectivity index (χ4n) is 1.66. The van der Waals surface area contributed by atoms with E-state index in [0.29, 0.717) is 16.8 Å². The Labute approximate surface area is 127 Å². The summed E-state index contributed by atoms with van der Waals surface area (Å²) in [7, 11) is 0. The summed E-state index contributed by atoms with van der Waals surface area (Å²) in [6.45, 7) is 4.40. The minimum atomic E-state index is -0.962. The number of nitriles is 1. The van der Waals surface area contributed by atoms with Crippen molar-refractivity contribution >= 4 is 21.9 Å². The Morgan fingerprint density at radius 2 is 2.15 bits per heavy atom. The third kappa shape index (κ3) is 5.22. The molecule has 5 heteroatoms. The molecule has 0 fully saturated rings. The van der Waals surface area contributed by atoms with Crippen LogP contribution in [0.5, 0.6) is 5.75 Å². The summed E-state index contributed by atoms with van der Waals surface area (Å²) >= 11 is 3.30. The fraction of sp³-hybridized carbons (Fsp3) is 0.467. The van der Waals surface area contributed by atoms with Crippen LogP contribution in [0, 0.1) is 16.7 Å². The Kier molecular flexibility index (Phi) is 6.03. The lowest BCUT2D eigenvalue weighted by Crippen LogP contribution is -2.08. The Morgan fingerprint density at radius 1 is 1.45 bits per heavy atom. The highest BCUT2D eigenvalue weighted by Crippen LogP contribution is 2.27. The molecule has 4 nitrogen and oxygen atoms in total. The number of carboxylic acid groups (broad SMARTS) is 1. The van der Waals surface area contributed by atoms with Crippen molar-refractivity contribution in [3.05, 3.63) is 28.2 Å². The van der Waals surface area contributed by atoms with Crippen LogP contribution in [-0.2, 0) is 0 Å². The second-order valence-electron chi connectivity index (χ2n) is 5.25. The minimum absolute atomic E-state index is 0.222. The number of benzene rings is 1. The van der Waals surface area contributed by atoms with Crippen molar-refractivity contribution in [1.29, 1.82) is 5.26 Å². The molecule has 0 aliphatic rings. The van der Waals surface area contributed by atoms with Crippen LogP contribution in [0.4, 0.5) is 0 Å². The van der Waals surface area contributed by atoms with Gasteiger partial charge >= 0.3 is 5.97 Å². The number of carboxylic acids is 1. The topological polar surface area (TPSA) is 70.3 Å². The monoisotopic (exact) mass is 339 g/mol. The summed E-state index contributed by atoms with van der Waals surface area (Å²) in [4.78, 5) is 10.8. The molecule has 0 saturated carbocycles. The molecule has 0 aromatic heterocycles. The van der Waals surface area contributed by atoms with Gasteiger partial charge in [0.1, 0.15) is 5.75 Å². The third-order valence-corrected chi connectivity index (χ3v) is 3.55. The summed E-state index contributed by atoms with van der Waals surface area (Å²) in [5.74, 6) is -0.328. The van der Waals surface area contributed by atoms with Crippen molar-refractivity contribution in [2.75, 3.05) is 6.61 Å². The van der Waals surface area contributed by atoms with Gasteiger partial charge < -0.3 is 9.84 Å². The number of hydrogen-bond acceptors (Lipinski definition) is 3. The van der Waals surface area contributed by atoms with Gasteiger partial charge in [0.05, 0.1) is 28.1 Å². The molecule has 0 aliphatic heterocycles. The van der Waals surface area contributed by atoms with Gasteiger partial charge in [0, 0.05) is 0 Å². The van der Waals surface area contributed by atoms with Crippen LogP contribution < -0.4 is 4.74 Å². The average Bonchev–Trinajstić information content (AvgIpc) is 2.39. The van der Waals surface area contributed by atoms with E-state index in [9.17, 15) is 4.79 Å². The van der Waals surface area contributed by atoms with Crippen LogP contribution in [0.25, 0.3) is 0 Å². The minimum Gasteiger partial charge on any atom is -0.492 e. The van der Waals surface area contributed by atoms with E-state index in [1.54, 1.807) is 6.07 Å². The number of halogens is 1. The predicted octanol–water partition coefficient (Wildman–Crippen LogP) is 4.25. The summed E-state index contributed by atoms with van der Waals surface area (Å²) in [6, 6.07) is 6.96. The smallest absolute Gasteiger partial charge is 0.335 e. The Balaban J connectivity index is 2.40. The van der Waals surface area contributed by atoms with Crippen LogP contribution in [-0.4, -0.2) is 17.7 Å². The van der Waals surface area contributed by atoms with Crippen molar-refractivity contribution in [3.63, 3.8) is 0 Å². The molecule has 0 amide bonds. The molecular formula is C15H18BrNO3. The van der Waals surface area contributed by atoms with Gasteiger partial charge in [0.15, 0.2) is 0 Å². The van der Waals surface area contributed by atoms with Crippen LogP contribution in [0.3, 0.4) is 0 Å². The number of carbonyl (C=O) groups is 1. The van der Waals surface area contributed by atoms with Crippen molar-refractivity contribution in [3.8, 4) is 11.8 Å². The molecule has 0 aliphatic carbocycles. The molecular weight excluding hydrogens is 322 g/mol. The third-order valence-electron chi connectivity index (χ3n) is 2.94. The van der Waals surface area contributed by atoms with Gasteiger partial charge in [-0.3, -0.25) is 0 Å². The van der Waals surface area contributed by atoms with Gasteiger partial charge in [0.25, 0.3) is 0 Å². The zero-order valence-corrected chi connectivity index (χ0v) is 13.2. The highest BCUT2D eigenvalue weighted by atomic mass is 79.9. The summed E-state index contributed by atoms with van der Waals surface area (Å²) < 4.78 is 6.23. The zero-order chi connectivity index (χ0) is 15.2. The van der Waals surface area contributed by atoms with E-state index >= 15 is 0 Å². The van der Waals surface area contributed by atoms with Gasteiger partial charge in [-0.1, -0.05) is 0 Å². The SMILES string of the molecule is CC(C)(C#N)CCCCOc1ccc(C(=O)O)cc1Br. The maximum atomic E-state index is 10.8. The summed E-state index contributed by atoms with van der Waals surface area (Å²) in [5.41, 5.74) is -0.0658. The second kappa shape index (κ2) is 7.30. The molecule has 0 unspecified atom stereocenters. The summed E-state index contributed by atoms with van der Waals surface area (Å²) in [5, 5.41) is 17.8. The molecule has 0 bridgehead atoms. The predicted molar refractivity (Wildman–Crippen MR) is 79.8 cm³/mol. The van der Waals surface area contributed by atoms with E-state index in [4.69, 9.17) is 15.1 Å². The summed E-state index contributed by atoms with van der Waals surface area (Å²) in [6.07, 6.45) is 2.62. The molecule has 0 atom stereocenters. The maximum Gasteiger partial charge on any atom is 0.335 e. The largest absolute Gasteiger partial charge is 0.492 e. The Morgan fingerprint density at radius 3 is 2.70 bits per heavy atom. The van der Waals surface area contributed by atoms with Crippen LogP contribution in [0.2, 0.25) is 0 Å². The highest BCUT2D eigenvalue weighted by Gasteiger charge is 2.15. The van der Waals surface area contributed by atoms with E-state index in [1.807, 2.05) is 13.8 Å². The van der Waals surface area contributed by atoms with Gasteiger partial charge in [-0.15, -0.1) is 0 Å². The van der Waals surface area contributed by atoms with Crippen molar-refractivity contribution in [1.82, 2.24) is 0 Å². The van der Waals surface area contributed by atoms with Crippen LogP contribution in [0.15, 0.2) is 22.7 Å². The lowest BCUT2D eigenvalue weighted by Gasteiger charge is -2.14. The number of ether oxygens (including phenoxy) is 1. The van der Waals surface area contributed by atoms with E-state index in [-0.39, 0.29) is 11.0 Å². The fourth-order valence-corrected chi connectivity index (χ4v) is 2.15. The number of unbranched alkanes of at least 4 members (excludes halogenated alkanes) is 1. The molecule has 0 saturated heterocycles. The number of aromatic carboxylic acids is 1. The molecule has 1 aromatic carbocycles. The first-order valence-corrected chi connectivity index (χ1v) is 7.22. The average molecular weight is 340 g/mol. The first-order valence-electron chi connectivity index (χ1n) is 6.42. The molecule has 1 rings (SSSR count). The molecule has 1 aromatic rings. The van der Waals surface area contributed by atoms with Crippen LogP contribution in [0.1, 0.15) is 43.5 Å². The molecule has 0 spiro atoms. The van der Waals surface area contributed by atoms with Crippen LogP contribution >= 0.6 is 15.9 Å². The van der Waals surface area contributed by atoms with E-state index in [2.05, 4.69) is 22.0 Å². The Bertz CT molecular complexity index is 520. The highest BCUT2D eigenvalue weighted by molar-refractivity contribution is 9.10.